The van der Waals surface area contributed by atoms with Crippen molar-refractivity contribution in [3.05, 3.63) is 29.8 Å². The highest BCUT2D eigenvalue weighted by atomic mass is 16.2. The molecule has 0 bridgehead atoms. The lowest BCUT2D eigenvalue weighted by molar-refractivity contribution is 0.217. The summed E-state index contributed by atoms with van der Waals surface area (Å²) in [6, 6.07) is 7.99. The Morgan fingerprint density at radius 3 is 2.41 bits per heavy atom. The van der Waals surface area contributed by atoms with E-state index < -0.39 is 0 Å². The summed E-state index contributed by atoms with van der Waals surface area (Å²) in [5.41, 5.74) is 2.14. The molecule has 0 aliphatic heterocycles. The number of carbonyl (C=O) groups excluding carboxylic acids is 1. The maximum atomic E-state index is 11.9. The van der Waals surface area contributed by atoms with E-state index in [1.807, 2.05) is 32.0 Å². The van der Waals surface area contributed by atoms with Crippen LogP contribution in [-0.2, 0) is 6.42 Å². The van der Waals surface area contributed by atoms with Gasteiger partial charge in [0.25, 0.3) is 0 Å². The van der Waals surface area contributed by atoms with Crippen molar-refractivity contribution < 1.29 is 4.79 Å². The second-order valence-corrected chi connectivity index (χ2v) is 4.01. The van der Waals surface area contributed by atoms with Crippen LogP contribution in [0.5, 0.6) is 0 Å². The highest BCUT2D eigenvalue weighted by molar-refractivity contribution is 5.90. The summed E-state index contributed by atoms with van der Waals surface area (Å²) in [7, 11) is 0. The summed E-state index contributed by atoms with van der Waals surface area (Å²) in [5, 5.41) is 2.98. The van der Waals surface area contributed by atoms with Gasteiger partial charge in [0.2, 0.25) is 0 Å². The molecule has 1 rings (SSSR count). The predicted molar refractivity (Wildman–Crippen MR) is 72.4 cm³/mol. The van der Waals surface area contributed by atoms with Gasteiger partial charge in [-0.1, -0.05) is 31.5 Å². The van der Waals surface area contributed by atoms with Crippen molar-refractivity contribution >= 4 is 11.7 Å². The minimum Gasteiger partial charge on any atom is -0.325 e. The van der Waals surface area contributed by atoms with Crippen LogP contribution >= 0.6 is 0 Å². The van der Waals surface area contributed by atoms with Gasteiger partial charge >= 0.3 is 6.03 Å². The van der Waals surface area contributed by atoms with Crippen LogP contribution in [0.25, 0.3) is 0 Å². The summed E-state index contributed by atoms with van der Waals surface area (Å²) >= 11 is 0. The topological polar surface area (TPSA) is 32.3 Å². The first-order chi connectivity index (χ1) is 8.22. The molecule has 0 heterocycles. The molecule has 3 nitrogen and oxygen atoms in total. The number of para-hydroxylation sites is 1. The number of carbonyl (C=O) groups is 1. The molecule has 0 spiro atoms. The van der Waals surface area contributed by atoms with E-state index in [-0.39, 0.29) is 6.03 Å². The summed E-state index contributed by atoms with van der Waals surface area (Å²) in [6.07, 6.45) is 2.08. The molecule has 94 valence electrons. The lowest BCUT2D eigenvalue weighted by Crippen LogP contribution is -2.34. The van der Waals surface area contributed by atoms with Gasteiger partial charge < -0.3 is 10.2 Å². The Morgan fingerprint density at radius 2 is 1.82 bits per heavy atom. The van der Waals surface area contributed by atoms with Gasteiger partial charge in [-0.3, -0.25) is 0 Å². The Kier molecular flexibility index (Phi) is 5.53. The average molecular weight is 234 g/mol. The number of amides is 2. The van der Waals surface area contributed by atoms with Gasteiger partial charge in [-0.15, -0.1) is 0 Å². The Hall–Kier alpha value is -1.51. The highest BCUT2D eigenvalue weighted by Crippen LogP contribution is 2.17. The predicted octanol–water partition coefficient (Wildman–Crippen LogP) is 3.51. The first-order valence-corrected chi connectivity index (χ1v) is 6.36. The number of hydrogen-bond acceptors (Lipinski definition) is 1. The molecule has 17 heavy (non-hydrogen) atoms. The summed E-state index contributed by atoms with van der Waals surface area (Å²) in [4.78, 5) is 13.7. The normalized spacial score (nSPS) is 10.1. The third-order valence-corrected chi connectivity index (χ3v) is 2.83. The zero-order valence-corrected chi connectivity index (χ0v) is 11.0. The van der Waals surface area contributed by atoms with Crippen molar-refractivity contribution in [2.75, 3.05) is 18.4 Å². The Balaban J connectivity index is 2.76. The number of rotatable bonds is 5. The molecule has 0 saturated carbocycles. The Bertz CT molecular complexity index is 359. The van der Waals surface area contributed by atoms with Crippen molar-refractivity contribution in [2.45, 2.75) is 33.6 Å². The van der Waals surface area contributed by atoms with Crippen LogP contribution in [0.3, 0.4) is 0 Å². The number of benzene rings is 1. The molecule has 0 aliphatic rings. The monoisotopic (exact) mass is 234 g/mol. The van der Waals surface area contributed by atoms with Crippen LogP contribution in [-0.4, -0.2) is 24.0 Å². The smallest absolute Gasteiger partial charge is 0.321 e. The molecule has 1 aromatic carbocycles. The van der Waals surface area contributed by atoms with E-state index in [2.05, 4.69) is 18.3 Å². The van der Waals surface area contributed by atoms with Gasteiger partial charge in [0.15, 0.2) is 0 Å². The van der Waals surface area contributed by atoms with E-state index in [4.69, 9.17) is 0 Å². The van der Waals surface area contributed by atoms with Gasteiger partial charge in [0.05, 0.1) is 0 Å². The molecule has 1 aromatic rings. The maximum Gasteiger partial charge on any atom is 0.321 e. The largest absolute Gasteiger partial charge is 0.325 e. The molecule has 0 saturated heterocycles. The molecular weight excluding hydrogens is 212 g/mol. The van der Waals surface area contributed by atoms with Crippen molar-refractivity contribution in [1.29, 1.82) is 0 Å². The van der Waals surface area contributed by atoms with Crippen LogP contribution < -0.4 is 5.32 Å². The molecule has 0 aromatic heterocycles. The minimum absolute atomic E-state index is 0.0152. The van der Waals surface area contributed by atoms with Crippen molar-refractivity contribution in [3.8, 4) is 0 Å². The number of nitrogens with one attached hydrogen (secondary N) is 1. The number of aryl methyl sites for hydroxylation is 1. The standard InChI is InChI=1S/C14H22N2O/c1-4-9-12-10-7-8-11-13(12)15-14(17)16(5-2)6-3/h7-8,10-11H,4-6,9H2,1-3H3,(H,15,17). The quantitative estimate of drug-likeness (QED) is 0.830. The summed E-state index contributed by atoms with van der Waals surface area (Å²) in [6.45, 7) is 7.58. The van der Waals surface area contributed by atoms with Crippen LogP contribution in [0.15, 0.2) is 24.3 Å². The second kappa shape index (κ2) is 6.94. The highest BCUT2D eigenvalue weighted by Gasteiger charge is 2.10. The molecule has 0 aliphatic carbocycles. The van der Waals surface area contributed by atoms with Crippen molar-refractivity contribution in [1.82, 2.24) is 4.90 Å². The van der Waals surface area contributed by atoms with Crippen LogP contribution in [0.4, 0.5) is 10.5 Å². The van der Waals surface area contributed by atoms with Crippen LogP contribution in [0, 0.1) is 0 Å². The van der Waals surface area contributed by atoms with Crippen molar-refractivity contribution in [3.63, 3.8) is 0 Å². The van der Waals surface area contributed by atoms with E-state index in [1.54, 1.807) is 4.90 Å². The third kappa shape index (κ3) is 3.77. The number of hydrogen-bond donors (Lipinski definition) is 1. The van der Waals surface area contributed by atoms with Gasteiger partial charge in [0.1, 0.15) is 0 Å². The fraction of sp³-hybridized carbons (Fsp3) is 0.500. The lowest BCUT2D eigenvalue weighted by atomic mass is 10.1. The molecule has 0 radical (unpaired) electrons. The SMILES string of the molecule is CCCc1ccccc1NC(=O)N(CC)CC. The molecule has 2 amide bonds. The number of urea groups is 1. The van der Waals surface area contributed by atoms with Gasteiger partial charge in [0, 0.05) is 18.8 Å². The second-order valence-electron chi connectivity index (χ2n) is 4.01. The van der Waals surface area contributed by atoms with E-state index in [0.29, 0.717) is 0 Å². The van der Waals surface area contributed by atoms with Crippen LogP contribution in [0.1, 0.15) is 32.8 Å². The molecular formula is C14H22N2O. The van der Waals surface area contributed by atoms with Crippen LogP contribution in [0.2, 0.25) is 0 Å². The third-order valence-electron chi connectivity index (χ3n) is 2.83. The maximum absolute atomic E-state index is 11.9. The van der Waals surface area contributed by atoms with Gasteiger partial charge in [-0.05, 0) is 31.9 Å². The fourth-order valence-electron chi connectivity index (χ4n) is 1.83. The average Bonchev–Trinajstić information content (AvgIpc) is 2.33. The molecule has 3 heteroatoms. The van der Waals surface area contributed by atoms with Crippen molar-refractivity contribution in [2.24, 2.45) is 0 Å². The van der Waals surface area contributed by atoms with Gasteiger partial charge in [-0.2, -0.15) is 0 Å². The Labute approximate surface area is 104 Å². The number of anilines is 1. The summed E-state index contributed by atoms with van der Waals surface area (Å²) < 4.78 is 0. The van der Waals surface area contributed by atoms with E-state index in [1.165, 1.54) is 5.56 Å². The number of nitrogens with zero attached hydrogens (tertiary/aromatic N) is 1. The molecule has 1 N–H and O–H groups in total. The van der Waals surface area contributed by atoms with E-state index in [0.717, 1.165) is 31.6 Å². The summed E-state index contributed by atoms with van der Waals surface area (Å²) in [5.74, 6) is 0. The zero-order valence-electron chi connectivity index (χ0n) is 11.0. The van der Waals surface area contributed by atoms with E-state index >= 15 is 0 Å². The fourth-order valence-corrected chi connectivity index (χ4v) is 1.83. The minimum atomic E-state index is -0.0152. The zero-order chi connectivity index (χ0) is 12.7. The van der Waals surface area contributed by atoms with E-state index in [9.17, 15) is 4.79 Å². The lowest BCUT2D eigenvalue weighted by Gasteiger charge is -2.20. The Morgan fingerprint density at radius 1 is 1.18 bits per heavy atom. The first kappa shape index (κ1) is 13.6. The molecule has 0 fully saturated rings. The molecule has 0 unspecified atom stereocenters. The molecule has 0 atom stereocenters. The van der Waals surface area contributed by atoms with Gasteiger partial charge in [-0.25, -0.2) is 4.79 Å². The first-order valence-electron chi connectivity index (χ1n) is 6.36.